The minimum atomic E-state index is -0.518. The van der Waals surface area contributed by atoms with Gasteiger partial charge >= 0.3 is 0 Å². The van der Waals surface area contributed by atoms with E-state index >= 15 is 0 Å². The van der Waals surface area contributed by atoms with Crippen LogP contribution in [-0.4, -0.2) is 53.3 Å². The largest absolute Gasteiger partial charge is 0.394 e. The first-order valence-electron chi connectivity index (χ1n) is 9.60. The summed E-state index contributed by atoms with van der Waals surface area (Å²) in [6.45, 7) is 2.67. The van der Waals surface area contributed by atoms with Crippen molar-refractivity contribution in [1.82, 2.24) is 15.3 Å². The molecule has 0 radical (unpaired) electrons. The molecule has 1 aliphatic heterocycles. The zero-order chi connectivity index (χ0) is 19.8. The fourth-order valence-electron chi connectivity index (χ4n) is 3.25. The maximum atomic E-state index is 11.1. The number of nitrogens with one attached hydrogen (secondary N) is 1. The van der Waals surface area contributed by atoms with Crippen molar-refractivity contribution in [3.63, 3.8) is 0 Å². The van der Waals surface area contributed by atoms with Crippen LogP contribution in [0.2, 0.25) is 0 Å². The van der Waals surface area contributed by atoms with Crippen LogP contribution in [0, 0.1) is 5.92 Å². The fraction of sp³-hybridized carbons (Fsp3) is 0.381. The fourth-order valence-corrected chi connectivity index (χ4v) is 3.25. The molecule has 1 saturated heterocycles. The minimum absolute atomic E-state index is 0.0529. The average Bonchev–Trinajstić information content (AvgIpc) is 2.75. The lowest BCUT2D eigenvalue weighted by atomic mass is 9.96. The van der Waals surface area contributed by atoms with E-state index < -0.39 is 5.91 Å². The van der Waals surface area contributed by atoms with Gasteiger partial charge in [-0.3, -0.25) is 4.79 Å². The Hall–Kier alpha value is -2.77. The number of nitrogens with zero attached hydrogens (tertiary/aromatic N) is 3. The lowest BCUT2D eigenvalue weighted by Gasteiger charge is -2.32. The molecule has 1 aromatic carbocycles. The molecule has 0 spiro atoms. The first-order chi connectivity index (χ1) is 13.7. The summed E-state index contributed by atoms with van der Waals surface area (Å²) in [4.78, 5) is 21.7. The number of carbonyl (C=O) groups is 1. The number of amides is 1. The third-order valence-corrected chi connectivity index (χ3v) is 5.01. The molecule has 1 unspecified atom stereocenters. The molecule has 1 atom stereocenters. The Labute approximate surface area is 165 Å². The number of benzene rings is 1. The second-order valence-electron chi connectivity index (χ2n) is 7.03. The topological polar surface area (TPSA) is 104 Å². The van der Waals surface area contributed by atoms with Crippen LogP contribution in [-0.2, 0) is 0 Å². The second-order valence-corrected chi connectivity index (χ2v) is 7.03. The van der Waals surface area contributed by atoms with E-state index in [-0.39, 0.29) is 12.6 Å². The highest BCUT2D eigenvalue weighted by Crippen LogP contribution is 2.20. The number of aliphatic hydroxyl groups is 1. The van der Waals surface area contributed by atoms with Gasteiger partial charge < -0.3 is 21.1 Å². The van der Waals surface area contributed by atoms with Crippen LogP contribution in [0.25, 0.3) is 6.08 Å². The summed E-state index contributed by atoms with van der Waals surface area (Å²) in [6.07, 6.45) is 9.04. The third kappa shape index (κ3) is 5.61. The smallest absolute Gasteiger partial charge is 0.251 e. The summed E-state index contributed by atoms with van der Waals surface area (Å²) in [5, 5.41) is 13.1. The van der Waals surface area contributed by atoms with Gasteiger partial charge in [0.15, 0.2) is 0 Å². The Bertz CT molecular complexity index is 771. The number of hydrogen-bond donors (Lipinski definition) is 3. The second kappa shape index (κ2) is 9.96. The van der Waals surface area contributed by atoms with Gasteiger partial charge in [-0.25, -0.2) is 9.97 Å². The van der Waals surface area contributed by atoms with Crippen LogP contribution in [0.1, 0.15) is 28.8 Å². The van der Waals surface area contributed by atoms with Gasteiger partial charge in [-0.05, 0) is 30.9 Å². The number of carbonyl (C=O) groups excluding carboxylic acids is 1. The van der Waals surface area contributed by atoms with Crippen molar-refractivity contribution >= 4 is 17.9 Å². The highest BCUT2D eigenvalue weighted by atomic mass is 16.3. The predicted octanol–water partition coefficient (Wildman–Crippen LogP) is 1.46. The standard InChI is InChI=1S/C21H27N5O2/c22-20(28)18-13-24-21(25-14-18)26-10-8-17(9-11-26)12-23-19(15-27)7-6-16-4-2-1-3-5-16/h1-7,13-14,17,19,23,27H,8-12,15H2,(H2,22,28)/b7-6+. The van der Waals surface area contributed by atoms with Crippen LogP contribution < -0.4 is 16.0 Å². The molecule has 28 heavy (non-hydrogen) atoms. The van der Waals surface area contributed by atoms with Crippen molar-refractivity contribution in [3.05, 3.63) is 59.9 Å². The number of anilines is 1. The normalized spacial score (nSPS) is 16.4. The van der Waals surface area contributed by atoms with Crippen LogP contribution in [0.4, 0.5) is 5.95 Å². The van der Waals surface area contributed by atoms with Crippen molar-refractivity contribution in [2.75, 3.05) is 31.1 Å². The zero-order valence-corrected chi connectivity index (χ0v) is 15.9. The van der Waals surface area contributed by atoms with Gasteiger partial charge in [0.1, 0.15) is 0 Å². The lowest BCUT2D eigenvalue weighted by Crippen LogP contribution is -2.41. The molecule has 148 valence electrons. The molecule has 7 nitrogen and oxygen atoms in total. The zero-order valence-electron chi connectivity index (χ0n) is 15.9. The highest BCUT2D eigenvalue weighted by Gasteiger charge is 2.21. The molecule has 1 amide bonds. The molecule has 0 saturated carbocycles. The van der Waals surface area contributed by atoms with Crippen LogP contribution in [0.5, 0.6) is 0 Å². The number of aromatic nitrogens is 2. The Kier molecular flexibility index (Phi) is 7.11. The molecule has 2 heterocycles. The van der Waals surface area contributed by atoms with E-state index in [2.05, 4.69) is 20.2 Å². The van der Waals surface area contributed by atoms with Crippen molar-refractivity contribution in [1.29, 1.82) is 0 Å². The molecule has 1 aliphatic rings. The first-order valence-corrected chi connectivity index (χ1v) is 9.60. The summed E-state index contributed by atoms with van der Waals surface area (Å²) in [5.41, 5.74) is 6.67. The van der Waals surface area contributed by atoms with Gasteiger partial charge in [-0.15, -0.1) is 0 Å². The van der Waals surface area contributed by atoms with Gasteiger partial charge in [-0.2, -0.15) is 0 Å². The summed E-state index contributed by atoms with van der Waals surface area (Å²) in [6, 6.07) is 10.0. The number of piperidine rings is 1. The molecule has 1 fully saturated rings. The van der Waals surface area contributed by atoms with Crippen molar-refractivity contribution < 1.29 is 9.90 Å². The summed E-state index contributed by atoms with van der Waals surface area (Å²) in [7, 11) is 0. The van der Waals surface area contributed by atoms with Crippen LogP contribution >= 0.6 is 0 Å². The van der Waals surface area contributed by atoms with Crippen molar-refractivity contribution in [3.8, 4) is 0 Å². The number of aliphatic hydroxyl groups excluding tert-OH is 1. The quantitative estimate of drug-likeness (QED) is 0.639. The molecule has 7 heteroatoms. The molecule has 2 aromatic rings. The van der Waals surface area contributed by atoms with Gasteiger partial charge in [0.05, 0.1) is 12.2 Å². The molecular formula is C21H27N5O2. The first kappa shape index (κ1) is 20.0. The molecular weight excluding hydrogens is 354 g/mol. The van der Waals surface area contributed by atoms with E-state index in [0.29, 0.717) is 17.4 Å². The number of rotatable bonds is 8. The van der Waals surface area contributed by atoms with Gasteiger partial charge in [0, 0.05) is 31.5 Å². The summed E-state index contributed by atoms with van der Waals surface area (Å²) < 4.78 is 0. The Morgan fingerprint density at radius 3 is 2.54 bits per heavy atom. The van der Waals surface area contributed by atoms with Gasteiger partial charge in [0.25, 0.3) is 5.91 Å². The molecule has 1 aromatic heterocycles. The Morgan fingerprint density at radius 1 is 1.25 bits per heavy atom. The maximum absolute atomic E-state index is 11.1. The highest BCUT2D eigenvalue weighted by molar-refractivity contribution is 5.92. The average molecular weight is 381 g/mol. The third-order valence-electron chi connectivity index (χ3n) is 5.01. The monoisotopic (exact) mass is 381 g/mol. The van der Waals surface area contributed by atoms with Crippen LogP contribution in [0.3, 0.4) is 0 Å². The van der Waals surface area contributed by atoms with Crippen molar-refractivity contribution in [2.24, 2.45) is 11.7 Å². The molecule has 0 bridgehead atoms. The minimum Gasteiger partial charge on any atom is -0.394 e. The summed E-state index contributed by atoms with van der Waals surface area (Å²) in [5.74, 6) is 0.659. The predicted molar refractivity (Wildman–Crippen MR) is 110 cm³/mol. The Balaban J connectivity index is 1.44. The lowest BCUT2D eigenvalue weighted by molar-refractivity contribution is 0.0999. The van der Waals surface area contributed by atoms with Crippen LogP contribution in [0.15, 0.2) is 48.8 Å². The van der Waals surface area contributed by atoms with E-state index in [0.717, 1.165) is 38.0 Å². The van der Waals surface area contributed by atoms with E-state index in [1.165, 1.54) is 12.4 Å². The maximum Gasteiger partial charge on any atom is 0.251 e. The molecule has 4 N–H and O–H groups in total. The number of primary amides is 1. The number of nitrogens with two attached hydrogens (primary N) is 1. The van der Waals surface area contributed by atoms with Crippen molar-refractivity contribution in [2.45, 2.75) is 18.9 Å². The molecule has 0 aliphatic carbocycles. The van der Waals surface area contributed by atoms with E-state index in [1.807, 2.05) is 42.5 Å². The number of hydrogen-bond acceptors (Lipinski definition) is 6. The molecule has 3 rings (SSSR count). The van der Waals surface area contributed by atoms with Gasteiger partial charge in [-0.1, -0.05) is 42.5 Å². The SMILES string of the molecule is NC(=O)c1cnc(N2CCC(CNC(/C=C/c3ccccc3)CO)CC2)nc1. The van der Waals surface area contributed by atoms with E-state index in [9.17, 15) is 9.90 Å². The Morgan fingerprint density at radius 2 is 1.93 bits per heavy atom. The van der Waals surface area contributed by atoms with E-state index in [1.54, 1.807) is 0 Å². The van der Waals surface area contributed by atoms with Gasteiger partial charge in [0.2, 0.25) is 5.95 Å². The van der Waals surface area contributed by atoms with E-state index in [4.69, 9.17) is 5.73 Å². The summed E-state index contributed by atoms with van der Waals surface area (Å²) >= 11 is 0.